The van der Waals surface area contributed by atoms with Gasteiger partial charge in [0.2, 0.25) is 5.91 Å². The molecule has 2 heterocycles. The first-order chi connectivity index (χ1) is 13.5. The quantitative estimate of drug-likeness (QED) is 0.640. The van der Waals surface area contributed by atoms with Gasteiger partial charge in [0.15, 0.2) is 0 Å². The van der Waals surface area contributed by atoms with E-state index in [1.807, 2.05) is 51.5 Å². The molecule has 2 aromatic rings. The van der Waals surface area contributed by atoms with E-state index >= 15 is 0 Å². The topological polar surface area (TPSA) is 88.1 Å². The zero-order valence-electron chi connectivity index (χ0n) is 17.1. The van der Waals surface area contributed by atoms with E-state index in [1.54, 1.807) is 10.7 Å². The second kappa shape index (κ2) is 10.4. The van der Waals surface area contributed by atoms with Gasteiger partial charge < -0.3 is 16.0 Å². The fraction of sp³-hybridized carbons (Fsp3) is 0.476. The summed E-state index contributed by atoms with van der Waals surface area (Å²) in [6, 6.07) is 7.54. The number of amides is 2. The van der Waals surface area contributed by atoms with Gasteiger partial charge in [-0.15, -0.1) is 12.4 Å². The average Bonchev–Trinajstić information content (AvgIpc) is 3.35. The Morgan fingerprint density at radius 3 is 2.83 bits per heavy atom. The third-order valence-corrected chi connectivity index (χ3v) is 5.35. The average molecular weight is 420 g/mol. The highest BCUT2D eigenvalue weighted by molar-refractivity contribution is 5.94. The van der Waals surface area contributed by atoms with Crippen LogP contribution >= 0.6 is 12.4 Å². The Labute approximate surface area is 178 Å². The highest BCUT2D eigenvalue weighted by atomic mass is 35.5. The van der Waals surface area contributed by atoms with Crippen molar-refractivity contribution in [1.82, 2.24) is 25.7 Å². The molecule has 1 aromatic heterocycles. The van der Waals surface area contributed by atoms with Crippen molar-refractivity contribution < 1.29 is 9.59 Å². The van der Waals surface area contributed by atoms with Crippen LogP contribution in [0.4, 0.5) is 0 Å². The lowest BCUT2D eigenvalue weighted by Gasteiger charge is -2.17. The Balaban J connectivity index is 0.00000300. The summed E-state index contributed by atoms with van der Waals surface area (Å²) in [6.07, 6.45) is 4.68. The molecule has 0 aliphatic carbocycles. The summed E-state index contributed by atoms with van der Waals surface area (Å²) in [7, 11) is 1.88. The molecule has 2 amide bonds. The van der Waals surface area contributed by atoms with E-state index in [-0.39, 0.29) is 42.1 Å². The molecule has 1 aliphatic heterocycles. The van der Waals surface area contributed by atoms with Crippen LogP contribution < -0.4 is 16.0 Å². The number of benzene rings is 1. The molecule has 0 saturated carbocycles. The molecular formula is C21H30ClN5O2. The number of rotatable bonds is 7. The Morgan fingerprint density at radius 2 is 2.14 bits per heavy atom. The van der Waals surface area contributed by atoms with Crippen LogP contribution in [-0.4, -0.2) is 40.7 Å². The summed E-state index contributed by atoms with van der Waals surface area (Å²) in [6.45, 7) is 5.85. The lowest BCUT2D eigenvalue weighted by Crippen LogP contribution is -2.34. The fourth-order valence-electron chi connectivity index (χ4n) is 3.49. The Hall–Kier alpha value is -2.38. The first-order valence-corrected chi connectivity index (χ1v) is 9.84. The molecule has 1 aromatic carbocycles. The SMILES string of the molecule is CCC(C)NC(=O)c1cccc(CNC(=O)[C@H]2CNC[C@@H]2c2cnn(C)c2)c1.Cl. The molecule has 8 heteroatoms. The van der Waals surface area contributed by atoms with Crippen LogP contribution in [0.15, 0.2) is 36.7 Å². The summed E-state index contributed by atoms with van der Waals surface area (Å²) in [5.74, 6) is -0.0603. The third-order valence-electron chi connectivity index (χ3n) is 5.35. The number of carbonyl (C=O) groups is 2. The second-order valence-corrected chi connectivity index (χ2v) is 7.52. The first-order valence-electron chi connectivity index (χ1n) is 9.84. The maximum atomic E-state index is 12.8. The van der Waals surface area contributed by atoms with Crippen LogP contribution in [0.3, 0.4) is 0 Å². The van der Waals surface area contributed by atoms with Gasteiger partial charge in [-0.3, -0.25) is 14.3 Å². The van der Waals surface area contributed by atoms with Gasteiger partial charge >= 0.3 is 0 Å². The van der Waals surface area contributed by atoms with Gasteiger partial charge in [-0.1, -0.05) is 19.1 Å². The monoisotopic (exact) mass is 419 g/mol. The molecule has 1 fully saturated rings. The van der Waals surface area contributed by atoms with E-state index in [4.69, 9.17) is 0 Å². The van der Waals surface area contributed by atoms with Crippen molar-refractivity contribution in [3.63, 3.8) is 0 Å². The molecule has 7 nitrogen and oxygen atoms in total. The zero-order valence-corrected chi connectivity index (χ0v) is 18.0. The summed E-state index contributed by atoms with van der Waals surface area (Å²) in [4.78, 5) is 25.1. The summed E-state index contributed by atoms with van der Waals surface area (Å²) in [5.41, 5.74) is 2.60. The first kappa shape index (κ1) is 22.9. The molecule has 1 aliphatic rings. The number of hydrogen-bond donors (Lipinski definition) is 3. The van der Waals surface area contributed by atoms with Crippen LogP contribution in [-0.2, 0) is 18.4 Å². The summed E-state index contributed by atoms with van der Waals surface area (Å²) >= 11 is 0. The van der Waals surface area contributed by atoms with Crippen LogP contribution in [0.5, 0.6) is 0 Å². The molecule has 1 saturated heterocycles. The van der Waals surface area contributed by atoms with Crippen molar-refractivity contribution in [2.45, 2.75) is 38.8 Å². The van der Waals surface area contributed by atoms with E-state index in [0.29, 0.717) is 18.7 Å². The fourth-order valence-corrected chi connectivity index (χ4v) is 3.49. The molecule has 0 spiro atoms. The van der Waals surface area contributed by atoms with E-state index in [9.17, 15) is 9.59 Å². The van der Waals surface area contributed by atoms with Gasteiger partial charge in [-0.2, -0.15) is 5.10 Å². The highest BCUT2D eigenvalue weighted by Gasteiger charge is 2.34. The number of nitrogens with one attached hydrogen (secondary N) is 3. The van der Waals surface area contributed by atoms with Crippen molar-refractivity contribution in [3.8, 4) is 0 Å². The van der Waals surface area contributed by atoms with Crippen molar-refractivity contribution in [2.75, 3.05) is 13.1 Å². The molecule has 158 valence electrons. The van der Waals surface area contributed by atoms with E-state index in [1.165, 1.54) is 0 Å². The minimum absolute atomic E-state index is 0. The standard InChI is InChI=1S/C21H29N5O2.ClH/c1-4-14(2)25-20(27)16-7-5-6-15(8-16)9-23-21(28)19-12-22-11-18(19)17-10-24-26(3)13-17;/h5-8,10,13-14,18-19,22H,4,9,11-12H2,1-3H3,(H,23,28)(H,25,27);1H/t14?,18-,19+;/m1./s1. The summed E-state index contributed by atoms with van der Waals surface area (Å²) in [5, 5.41) is 13.5. The number of aryl methyl sites for hydroxylation is 1. The van der Waals surface area contributed by atoms with Crippen LogP contribution in [0.1, 0.15) is 47.7 Å². The van der Waals surface area contributed by atoms with Crippen molar-refractivity contribution in [1.29, 1.82) is 0 Å². The lowest BCUT2D eigenvalue weighted by atomic mass is 9.90. The van der Waals surface area contributed by atoms with E-state index in [0.717, 1.165) is 24.1 Å². The van der Waals surface area contributed by atoms with Crippen molar-refractivity contribution >= 4 is 24.2 Å². The van der Waals surface area contributed by atoms with Gasteiger partial charge in [-0.05, 0) is 36.6 Å². The smallest absolute Gasteiger partial charge is 0.251 e. The molecule has 3 N–H and O–H groups in total. The predicted octanol–water partition coefficient (Wildman–Crippen LogP) is 1.99. The van der Waals surface area contributed by atoms with Gasteiger partial charge in [0.1, 0.15) is 0 Å². The lowest BCUT2D eigenvalue weighted by molar-refractivity contribution is -0.125. The maximum absolute atomic E-state index is 12.8. The Morgan fingerprint density at radius 1 is 1.34 bits per heavy atom. The van der Waals surface area contributed by atoms with Gasteiger partial charge in [0.25, 0.3) is 5.91 Å². The number of nitrogens with zero attached hydrogens (tertiary/aromatic N) is 2. The Kier molecular flexibility index (Phi) is 8.22. The predicted molar refractivity (Wildman–Crippen MR) is 115 cm³/mol. The van der Waals surface area contributed by atoms with E-state index < -0.39 is 0 Å². The largest absolute Gasteiger partial charge is 0.352 e. The van der Waals surface area contributed by atoms with Crippen molar-refractivity contribution in [3.05, 3.63) is 53.3 Å². The molecule has 29 heavy (non-hydrogen) atoms. The number of aromatic nitrogens is 2. The van der Waals surface area contributed by atoms with Gasteiger partial charge in [-0.25, -0.2) is 0 Å². The highest BCUT2D eigenvalue weighted by Crippen LogP contribution is 2.27. The molecule has 3 atom stereocenters. The molecule has 0 radical (unpaired) electrons. The van der Waals surface area contributed by atoms with Gasteiger partial charge in [0, 0.05) is 50.4 Å². The molecule has 1 unspecified atom stereocenters. The summed E-state index contributed by atoms with van der Waals surface area (Å²) < 4.78 is 1.76. The minimum atomic E-state index is -0.124. The van der Waals surface area contributed by atoms with Crippen LogP contribution in [0.25, 0.3) is 0 Å². The van der Waals surface area contributed by atoms with Gasteiger partial charge in [0.05, 0.1) is 12.1 Å². The third kappa shape index (κ3) is 5.81. The molecule has 3 rings (SSSR count). The zero-order chi connectivity index (χ0) is 20.1. The molecule has 0 bridgehead atoms. The van der Waals surface area contributed by atoms with Crippen LogP contribution in [0, 0.1) is 5.92 Å². The normalized spacial score (nSPS) is 19.3. The number of hydrogen-bond acceptors (Lipinski definition) is 4. The van der Waals surface area contributed by atoms with Crippen LogP contribution in [0.2, 0.25) is 0 Å². The number of carbonyl (C=O) groups excluding carboxylic acids is 2. The Bertz CT molecular complexity index is 838. The van der Waals surface area contributed by atoms with Crippen molar-refractivity contribution in [2.24, 2.45) is 13.0 Å². The number of halogens is 1. The second-order valence-electron chi connectivity index (χ2n) is 7.52. The van der Waals surface area contributed by atoms with E-state index in [2.05, 4.69) is 21.0 Å². The minimum Gasteiger partial charge on any atom is -0.352 e. The molecular weight excluding hydrogens is 390 g/mol. The maximum Gasteiger partial charge on any atom is 0.251 e.